The highest BCUT2D eigenvalue weighted by atomic mass is 32.2. The Labute approximate surface area is 235 Å². The van der Waals surface area contributed by atoms with Gasteiger partial charge in [0, 0.05) is 32.8 Å². The van der Waals surface area contributed by atoms with Gasteiger partial charge in [-0.1, -0.05) is 42.4 Å². The number of carbonyl (C=O) groups excluding carboxylic acids is 2. The van der Waals surface area contributed by atoms with Crippen LogP contribution in [0.4, 0.5) is 5.00 Å². The van der Waals surface area contributed by atoms with Crippen molar-refractivity contribution in [3.8, 4) is 22.5 Å². The first-order chi connectivity index (χ1) is 18.2. The molecule has 3 heterocycles. The van der Waals surface area contributed by atoms with Crippen molar-refractivity contribution in [2.45, 2.75) is 59.2 Å². The Bertz CT molecular complexity index is 1480. The van der Waals surface area contributed by atoms with E-state index in [0.717, 1.165) is 40.1 Å². The third-order valence-corrected chi connectivity index (χ3v) is 9.12. The van der Waals surface area contributed by atoms with E-state index in [2.05, 4.69) is 53.2 Å². The molecule has 4 aromatic rings. The summed E-state index contributed by atoms with van der Waals surface area (Å²) in [5.74, 6) is 0.251. The second kappa shape index (κ2) is 11.8. The molecule has 1 amide bonds. The summed E-state index contributed by atoms with van der Waals surface area (Å²) < 4.78 is 7.16. The molecule has 0 saturated heterocycles. The van der Waals surface area contributed by atoms with Crippen LogP contribution in [0.15, 0.2) is 34.1 Å². The molecule has 1 aromatic carbocycles. The van der Waals surface area contributed by atoms with Crippen LogP contribution in [-0.4, -0.2) is 39.5 Å². The number of aromatic nitrogens is 3. The summed E-state index contributed by atoms with van der Waals surface area (Å²) in [5, 5.41) is 17.1. The van der Waals surface area contributed by atoms with Gasteiger partial charge in [0.15, 0.2) is 11.0 Å². The molecule has 1 N–H and O–H groups in total. The Morgan fingerprint density at radius 1 is 1.08 bits per heavy atom. The fraction of sp³-hybridized carbons (Fsp3) is 0.357. The van der Waals surface area contributed by atoms with Gasteiger partial charge in [0.2, 0.25) is 5.91 Å². The molecule has 0 unspecified atom stereocenters. The van der Waals surface area contributed by atoms with Gasteiger partial charge < -0.3 is 10.1 Å². The van der Waals surface area contributed by atoms with E-state index in [-0.39, 0.29) is 17.7 Å². The summed E-state index contributed by atoms with van der Waals surface area (Å²) in [4.78, 5) is 27.1. The molecule has 7 nitrogen and oxygen atoms in total. The summed E-state index contributed by atoms with van der Waals surface area (Å²) in [7, 11) is 1.35. The standard InChI is InChI=1S/C28H32N4O3S3/c1-8-19-18(6)36-13-22(19)25-30-31-28(32(25)15(2)3)38-14-23(33)29-26-24(27(34)35-7)21(12-37-26)20-11-16(4)9-10-17(20)5/h9-13,15H,8,14H2,1-7H3,(H,29,33). The van der Waals surface area contributed by atoms with Crippen LogP contribution in [0.3, 0.4) is 0 Å². The first-order valence-corrected chi connectivity index (χ1v) is 15.1. The zero-order valence-corrected chi connectivity index (χ0v) is 25.1. The summed E-state index contributed by atoms with van der Waals surface area (Å²) in [6.45, 7) is 12.5. The number of thioether (sulfide) groups is 1. The Morgan fingerprint density at radius 3 is 2.50 bits per heavy atom. The maximum Gasteiger partial charge on any atom is 0.341 e. The van der Waals surface area contributed by atoms with E-state index in [4.69, 9.17) is 4.74 Å². The predicted molar refractivity (Wildman–Crippen MR) is 158 cm³/mol. The molecule has 3 aromatic heterocycles. The van der Waals surface area contributed by atoms with Crippen LogP contribution in [0.5, 0.6) is 0 Å². The number of amides is 1. The zero-order valence-electron chi connectivity index (χ0n) is 22.7. The van der Waals surface area contributed by atoms with Crippen molar-refractivity contribution in [1.82, 2.24) is 14.8 Å². The highest BCUT2D eigenvalue weighted by Gasteiger charge is 2.25. The lowest BCUT2D eigenvalue weighted by molar-refractivity contribution is -0.113. The molecule has 0 saturated carbocycles. The second-order valence-electron chi connectivity index (χ2n) is 9.31. The normalized spacial score (nSPS) is 11.3. The van der Waals surface area contributed by atoms with Crippen LogP contribution >= 0.6 is 34.4 Å². The molecule has 0 radical (unpaired) electrons. The maximum absolute atomic E-state index is 13.0. The summed E-state index contributed by atoms with van der Waals surface area (Å²) in [6.07, 6.45) is 0.925. The minimum absolute atomic E-state index is 0.124. The summed E-state index contributed by atoms with van der Waals surface area (Å²) in [5.41, 5.74) is 6.60. The summed E-state index contributed by atoms with van der Waals surface area (Å²) in [6, 6.07) is 6.23. The van der Waals surface area contributed by atoms with Gasteiger partial charge in [-0.05, 0) is 57.7 Å². The van der Waals surface area contributed by atoms with Crippen LogP contribution in [0.25, 0.3) is 22.5 Å². The van der Waals surface area contributed by atoms with Gasteiger partial charge in [-0.3, -0.25) is 9.36 Å². The first-order valence-electron chi connectivity index (χ1n) is 12.4. The lowest BCUT2D eigenvalue weighted by Gasteiger charge is -2.14. The van der Waals surface area contributed by atoms with E-state index in [1.54, 1.807) is 11.3 Å². The predicted octanol–water partition coefficient (Wildman–Crippen LogP) is 7.32. The van der Waals surface area contributed by atoms with E-state index in [0.29, 0.717) is 15.7 Å². The number of thiophene rings is 2. The molecule has 38 heavy (non-hydrogen) atoms. The quantitative estimate of drug-likeness (QED) is 0.168. The van der Waals surface area contributed by atoms with Gasteiger partial charge in [0.05, 0.1) is 12.9 Å². The number of nitrogens with zero attached hydrogens (tertiary/aromatic N) is 3. The number of ether oxygens (including phenoxy) is 1. The number of rotatable bonds is 9. The van der Waals surface area contributed by atoms with Crippen LogP contribution in [0, 0.1) is 20.8 Å². The second-order valence-corrected chi connectivity index (χ2v) is 12.2. The number of aryl methyl sites for hydroxylation is 3. The third kappa shape index (κ3) is 5.57. The van der Waals surface area contributed by atoms with Crippen LogP contribution in [0.2, 0.25) is 0 Å². The SMILES string of the molecule is CCc1c(-c2nnc(SCC(=O)Nc3scc(-c4cc(C)ccc4C)c3C(=O)OC)n2C(C)C)csc1C. The molecule has 4 rings (SSSR count). The zero-order chi connectivity index (χ0) is 27.6. The molecule has 10 heteroatoms. The molecule has 0 bridgehead atoms. The van der Waals surface area contributed by atoms with E-state index >= 15 is 0 Å². The van der Waals surface area contributed by atoms with E-state index < -0.39 is 5.97 Å². The molecule has 0 spiro atoms. The highest BCUT2D eigenvalue weighted by Crippen LogP contribution is 2.38. The van der Waals surface area contributed by atoms with Gasteiger partial charge in [-0.25, -0.2) is 4.79 Å². The van der Waals surface area contributed by atoms with E-state index in [1.165, 1.54) is 40.6 Å². The number of nitrogens with one attached hydrogen (secondary N) is 1. The van der Waals surface area contributed by atoms with Gasteiger partial charge in [0.1, 0.15) is 10.6 Å². The number of hydrogen-bond donors (Lipinski definition) is 1. The van der Waals surface area contributed by atoms with Crippen molar-refractivity contribution in [2.75, 3.05) is 18.2 Å². The third-order valence-electron chi connectivity index (χ3n) is 6.33. The first kappa shape index (κ1) is 28.1. The monoisotopic (exact) mass is 568 g/mol. The van der Waals surface area contributed by atoms with Crippen molar-refractivity contribution >= 4 is 51.3 Å². The molecular formula is C28H32N4O3S3. The number of carbonyl (C=O) groups is 2. The number of anilines is 1. The Kier molecular flexibility index (Phi) is 8.74. The lowest BCUT2D eigenvalue weighted by Crippen LogP contribution is -2.16. The number of methoxy groups -OCH3 is 1. The van der Waals surface area contributed by atoms with Gasteiger partial charge in [-0.2, -0.15) is 0 Å². The van der Waals surface area contributed by atoms with Gasteiger partial charge in [-0.15, -0.1) is 32.9 Å². The van der Waals surface area contributed by atoms with Crippen molar-refractivity contribution in [3.05, 3.63) is 56.1 Å². The van der Waals surface area contributed by atoms with Gasteiger partial charge >= 0.3 is 5.97 Å². The lowest BCUT2D eigenvalue weighted by atomic mass is 9.97. The smallest absolute Gasteiger partial charge is 0.341 e. The number of hydrogen-bond acceptors (Lipinski definition) is 8. The van der Waals surface area contributed by atoms with Crippen molar-refractivity contribution in [1.29, 1.82) is 0 Å². The van der Waals surface area contributed by atoms with E-state index in [9.17, 15) is 9.59 Å². The van der Waals surface area contributed by atoms with Crippen LogP contribution in [-0.2, 0) is 16.0 Å². The molecular weight excluding hydrogens is 537 g/mol. The summed E-state index contributed by atoms with van der Waals surface area (Å²) >= 11 is 4.37. The minimum atomic E-state index is -0.480. The van der Waals surface area contributed by atoms with Gasteiger partial charge in [0.25, 0.3) is 0 Å². The Balaban J connectivity index is 1.57. The average molecular weight is 569 g/mol. The molecule has 0 atom stereocenters. The average Bonchev–Trinajstić information content (AvgIpc) is 3.60. The Hall–Kier alpha value is -2.95. The molecule has 0 aliphatic carbocycles. The fourth-order valence-electron chi connectivity index (χ4n) is 4.40. The van der Waals surface area contributed by atoms with Crippen LogP contribution in [0.1, 0.15) is 58.7 Å². The minimum Gasteiger partial charge on any atom is -0.465 e. The van der Waals surface area contributed by atoms with E-state index in [1.807, 2.05) is 37.4 Å². The van der Waals surface area contributed by atoms with Crippen molar-refractivity contribution in [2.24, 2.45) is 0 Å². The molecule has 0 aliphatic heterocycles. The highest BCUT2D eigenvalue weighted by molar-refractivity contribution is 7.99. The number of esters is 1. The molecule has 0 fully saturated rings. The van der Waals surface area contributed by atoms with Crippen molar-refractivity contribution in [3.63, 3.8) is 0 Å². The number of benzene rings is 1. The fourth-order valence-corrected chi connectivity index (χ4v) is 7.17. The largest absolute Gasteiger partial charge is 0.465 e. The molecule has 200 valence electrons. The maximum atomic E-state index is 13.0. The van der Waals surface area contributed by atoms with Crippen molar-refractivity contribution < 1.29 is 14.3 Å². The Morgan fingerprint density at radius 2 is 1.82 bits per heavy atom. The van der Waals surface area contributed by atoms with Crippen LogP contribution < -0.4 is 5.32 Å². The topological polar surface area (TPSA) is 86.1 Å². The molecule has 0 aliphatic rings.